The molecule has 0 unspecified atom stereocenters. The van der Waals surface area contributed by atoms with Crippen LogP contribution in [-0.4, -0.2) is 21.6 Å². The first-order valence-electron chi connectivity index (χ1n) is 11.3. The minimum Gasteiger partial charge on any atom is -0.294 e. The van der Waals surface area contributed by atoms with Crippen LogP contribution in [0.4, 0.5) is 5.69 Å². The van der Waals surface area contributed by atoms with Crippen molar-refractivity contribution in [1.82, 2.24) is 9.78 Å². The molecule has 0 saturated heterocycles. The van der Waals surface area contributed by atoms with E-state index < -0.39 is 17.4 Å². The fourth-order valence-electron chi connectivity index (χ4n) is 4.33. The van der Waals surface area contributed by atoms with Gasteiger partial charge in [0.15, 0.2) is 12.4 Å². The lowest BCUT2D eigenvalue weighted by Crippen LogP contribution is -2.39. The van der Waals surface area contributed by atoms with E-state index in [0.717, 1.165) is 10.5 Å². The number of anilines is 1. The van der Waals surface area contributed by atoms with Crippen molar-refractivity contribution in [3.63, 3.8) is 0 Å². The number of carbonyl (C=O) groups excluding carboxylic acids is 2. The Morgan fingerprint density at radius 3 is 2.31 bits per heavy atom. The number of amides is 2. The van der Waals surface area contributed by atoms with Gasteiger partial charge in [-0.05, 0) is 61.9 Å². The molecule has 180 valence electrons. The monoisotopic (exact) mass is 519 g/mol. The van der Waals surface area contributed by atoms with Crippen LogP contribution in [0.1, 0.15) is 23.7 Å². The summed E-state index contributed by atoms with van der Waals surface area (Å²) in [7, 11) is 0. The van der Waals surface area contributed by atoms with Crippen molar-refractivity contribution < 1.29 is 14.2 Å². The van der Waals surface area contributed by atoms with Gasteiger partial charge in [0.05, 0.1) is 16.9 Å². The van der Waals surface area contributed by atoms with Gasteiger partial charge in [0, 0.05) is 27.4 Å². The third kappa shape index (κ3) is 3.96. The molecule has 5 rings (SSSR count). The number of benzene rings is 2. The van der Waals surface area contributed by atoms with Crippen LogP contribution < -0.4 is 15.0 Å². The summed E-state index contributed by atoms with van der Waals surface area (Å²) in [4.78, 5) is 42.5. The van der Waals surface area contributed by atoms with Gasteiger partial charge in [-0.25, -0.2) is 9.58 Å². The van der Waals surface area contributed by atoms with Crippen molar-refractivity contribution in [2.24, 2.45) is 0 Å². The molecule has 3 heterocycles. The molecule has 2 amide bonds. The standard InChI is InChI=1S/C27H20Cl2N4O3/c1-3-21-22(26(35)33(30-21)19-11-9-17(28)10-12-19)23-24(31-13-5-6-16(2)15-31)27(36)32(25(23)34)20-8-4-7-18(29)14-20/h4-15H,3H2,1-2H3/p+1. The number of carbonyl (C=O) groups is 2. The first kappa shape index (κ1) is 23.8. The number of hydrogen-bond acceptors (Lipinski definition) is 3. The highest BCUT2D eigenvalue weighted by Crippen LogP contribution is 2.34. The second-order valence-corrected chi connectivity index (χ2v) is 9.25. The van der Waals surface area contributed by atoms with Crippen molar-refractivity contribution >= 4 is 52.0 Å². The summed E-state index contributed by atoms with van der Waals surface area (Å²) in [6.07, 6.45) is 3.86. The van der Waals surface area contributed by atoms with E-state index in [1.807, 2.05) is 19.9 Å². The molecular formula is C27H21Cl2N4O3+. The molecule has 2 aromatic heterocycles. The number of pyridine rings is 1. The van der Waals surface area contributed by atoms with Crippen LogP contribution >= 0.6 is 23.2 Å². The number of aromatic nitrogens is 3. The number of hydrogen-bond donors (Lipinski definition) is 1. The van der Waals surface area contributed by atoms with E-state index in [-0.39, 0.29) is 16.8 Å². The lowest BCUT2D eigenvalue weighted by Gasteiger charge is -2.14. The zero-order chi connectivity index (χ0) is 25.6. The van der Waals surface area contributed by atoms with Crippen LogP contribution in [0.5, 0.6) is 0 Å². The molecule has 4 aromatic rings. The van der Waals surface area contributed by atoms with Crippen molar-refractivity contribution in [2.75, 3.05) is 4.90 Å². The molecule has 0 aliphatic carbocycles. The molecule has 0 atom stereocenters. The Bertz CT molecular complexity index is 1620. The van der Waals surface area contributed by atoms with Gasteiger partial charge in [-0.15, -0.1) is 0 Å². The summed E-state index contributed by atoms with van der Waals surface area (Å²) in [6, 6.07) is 16.9. The van der Waals surface area contributed by atoms with E-state index in [2.05, 4.69) is 5.10 Å². The minimum absolute atomic E-state index is 0.0291. The molecule has 0 fully saturated rings. The van der Waals surface area contributed by atoms with Crippen molar-refractivity contribution in [2.45, 2.75) is 20.3 Å². The molecule has 7 nitrogen and oxygen atoms in total. The molecule has 0 spiro atoms. The summed E-state index contributed by atoms with van der Waals surface area (Å²) in [5.41, 5.74) is 2.13. The summed E-state index contributed by atoms with van der Waals surface area (Å²) in [5, 5.41) is 4.02. The highest BCUT2D eigenvalue weighted by atomic mass is 35.5. The first-order valence-corrected chi connectivity index (χ1v) is 12.0. The fraction of sp³-hybridized carbons (Fsp3) is 0.111. The molecule has 1 aliphatic rings. The van der Waals surface area contributed by atoms with Crippen LogP contribution in [-0.2, 0) is 16.0 Å². The highest BCUT2D eigenvalue weighted by Gasteiger charge is 2.48. The van der Waals surface area contributed by atoms with Crippen molar-refractivity contribution in [3.8, 4) is 5.69 Å². The average molecular weight is 520 g/mol. The molecular weight excluding hydrogens is 499 g/mol. The predicted molar refractivity (Wildman–Crippen MR) is 139 cm³/mol. The number of imide groups is 1. The van der Waals surface area contributed by atoms with Crippen LogP contribution in [0.3, 0.4) is 0 Å². The van der Waals surface area contributed by atoms with E-state index in [9.17, 15) is 14.4 Å². The zero-order valence-corrected chi connectivity index (χ0v) is 21.0. The van der Waals surface area contributed by atoms with Gasteiger partial charge < -0.3 is 0 Å². The lowest BCUT2D eigenvalue weighted by atomic mass is 10.0. The number of rotatable bonds is 5. The molecule has 1 N–H and O–H groups in total. The molecule has 0 bridgehead atoms. The largest absolute Gasteiger partial charge is 0.331 e. The summed E-state index contributed by atoms with van der Waals surface area (Å²) in [5.74, 6) is -1.14. The van der Waals surface area contributed by atoms with Gasteiger partial charge in [-0.2, -0.15) is 4.57 Å². The predicted octanol–water partition coefficient (Wildman–Crippen LogP) is 4.57. The molecule has 1 aliphatic heterocycles. The topological polar surface area (TPSA) is 79.1 Å². The van der Waals surface area contributed by atoms with Crippen molar-refractivity contribution in [3.05, 3.63) is 110 Å². The molecule has 2 aromatic carbocycles. The highest BCUT2D eigenvalue weighted by molar-refractivity contribution is 6.53. The van der Waals surface area contributed by atoms with Crippen molar-refractivity contribution in [1.29, 1.82) is 0 Å². The summed E-state index contributed by atoms with van der Waals surface area (Å²) >= 11 is 12.2. The maximum atomic E-state index is 13.9. The van der Waals surface area contributed by atoms with Gasteiger partial charge >= 0.3 is 5.91 Å². The number of aromatic amines is 1. The van der Waals surface area contributed by atoms with Gasteiger partial charge in [-0.1, -0.05) is 36.2 Å². The second kappa shape index (κ2) is 9.26. The molecule has 0 radical (unpaired) electrons. The molecule has 0 saturated carbocycles. The van der Waals surface area contributed by atoms with Gasteiger partial charge in [0.25, 0.3) is 17.2 Å². The minimum atomic E-state index is -0.597. The zero-order valence-electron chi connectivity index (χ0n) is 19.5. The third-order valence-corrected chi connectivity index (χ3v) is 6.47. The normalized spacial score (nSPS) is 13.7. The Balaban J connectivity index is 1.78. The first-order chi connectivity index (χ1) is 17.3. The third-order valence-electron chi connectivity index (χ3n) is 5.99. The van der Waals surface area contributed by atoms with Crippen LogP contribution in [0, 0.1) is 6.92 Å². The fourth-order valence-corrected chi connectivity index (χ4v) is 4.64. The quantitative estimate of drug-likeness (QED) is 0.309. The Morgan fingerprint density at radius 1 is 0.889 bits per heavy atom. The number of aryl methyl sites for hydroxylation is 2. The Kier molecular flexibility index (Phi) is 6.12. The number of nitrogens with one attached hydrogen (secondary N) is 1. The van der Waals surface area contributed by atoms with Crippen LogP contribution in [0.15, 0.2) is 77.9 Å². The smallest absolute Gasteiger partial charge is 0.294 e. The van der Waals surface area contributed by atoms with Gasteiger partial charge in [-0.3, -0.25) is 19.5 Å². The number of H-pyrrole nitrogens is 1. The molecule has 9 heteroatoms. The maximum Gasteiger partial charge on any atom is 0.331 e. The van der Waals surface area contributed by atoms with Gasteiger partial charge in [0.1, 0.15) is 5.57 Å². The van der Waals surface area contributed by atoms with E-state index >= 15 is 0 Å². The van der Waals surface area contributed by atoms with Crippen LogP contribution in [0.25, 0.3) is 17.0 Å². The van der Waals surface area contributed by atoms with Crippen LogP contribution in [0.2, 0.25) is 10.0 Å². The Hall–Kier alpha value is -3.94. The van der Waals surface area contributed by atoms with E-state index in [0.29, 0.717) is 33.5 Å². The SMILES string of the molecule is CCc1[nH]n(-c2ccc(Cl)cc2)c(=O)c1C1=C([n+]2cccc(C)c2)C(=O)N(c2cccc(Cl)c2)C1=O. The average Bonchev–Trinajstić information content (AvgIpc) is 3.31. The summed E-state index contributed by atoms with van der Waals surface area (Å²) < 4.78 is 2.95. The van der Waals surface area contributed by atoms with E-state index in [4.69, 9.17) is 23.2 Å². The maximum absolute atomic E-state index is 13.9. The van der Waals surface area contributed by atoms with E-state index in [1.165, 1.54) is 4.68 Å². The van der Waals surface area contributed by atoms with Gasteiger partial charge in [0.2, 0.25) is 0 Å². The van der Waals surface area contributed by atoms with E-state index in [1.54, 1.807) is 71.6 Å². The summed E-state index contributed by atoms with van der Waals surface area (Å²) in [6.45, 7) is 3.75. The second-order valence-electron chi connectivity index (χ2n) is 8.37. The Morgan fingerprint density at radius 2 is 1.64 bits per heavy atom. The lowest BCUT2D eigenvalue weighted by molar-refractivity contribution is -0.577. The molecule has 36 heavy (non-hydrogen) atoms. The Labute approximate surface area is 216 Å². The number of nitrogens with zero attached hydrogens (tertiary/aromatic N) is 3. The number of halogens is 2.